The van der Waals surface area contributed by atoms with E-state index in [1.807, 2.05) is 12.1 Å². The molecule has 0 amide bonds. The molecule has 1 heterocycles. The third kappa shape index (κ3) is 3.30. The van der Waals surface area contributed by atoms with Gasteiger partial charge in [-0.25, -0.2) is 0 Å². The summed E-state index contributed by atoms with van der Waals surface area (Å²) in [5.41, 5.74) is 7.24. The van der Waals surface area contributed by atoms with Crippen LogP contribution in [-0.2, 0) is 10.2 Å². The lowest BCUT2D eigenvalue weighted by Gasteiger charge is -2.44. The summed E-state index contributed by atoms with van der Waals surface area (Å²) in [6.45, 7) is 5.63. The number of benzene rings is 1. The number of methoxy groups -OCH3 is 1. The van der Waals surface area contributed by atoms with E-state index in [1.54, 1.807) is 7.11 Å². The van der Waals surface area contributed by atoms with Crippen molar-refractivity contribution in [2.75, 3.05) is 20.3 Å². The number of hydrogen-bond acceptors (Lipinski definition) is 3. The topological polar surface area (TPSA) is 44.5 Å². The average Bonchev–Trinajstić information content (AvgIpc) is 2.26. The van der Waals surface area contributed by atoms with Crippen molar-refractivity contribution in [3.8, 4) is 5.75 Å². The first-order valence-electron chi connectivity index (χ1n) is 6.57. The molecule has 0 aromatic heterocycles. The molecule has 4 heteroatoms. The standard InChI is InChI=1S/C15H22BrNO2/c1-14(2,17)6-7-15(9-19-10-15)12-8-11(16)4-5-13(12)18-3/h4-5,8H,6-7,9-10,17H2,1-3H3. The second-order valence-electron chi connectivity index (χ2n) is 6.11. The predicted molar refractivity (Wildman–Crippen MR) is 80.7 cm³/mol. The first-order valence-corrected chi connectivity index (χ1v) is 7.36. The van der Waals surface area contributed by atoms with Crippen molar-refractivity contribution in [3.05, 3.63) is 28.2 Å². The van der Waals surface area contributed by atoms with Crippen molar-refractivity contribution in [2.45, 2.75) is 37.6 Å². The van der Waals surface area contributed by atoms with Gasteiger partial charge in [-0.3, -0.25) is 0 Å². The molecule has 1 aliphatic rings. The van der Waals surface area contributed by atoms with Crippen LogP contribution in [0.4, 0.5) is 0 Å². The molecular formula is C15H22BrNO2. The molecule has 1 aliphatic heterocycles. The lowest BCUT2D eigenvalue weighted by Crippen LogP contribution is -2.48. The van der Waals surface area contributed by atoms with Crippen LogP contribution in [0.15, 0.2) is 22.7 Å². The minimum Gasteiger partial charge on any atom is -0.496 e. The van der Waals surface area contributed by atoms with Gasteiger partial charge in [-0.2, -0.15) is 0 Å². The molecule has 0 atom stereocenters. The Hall–Kier alpha value is -0.580. The predicted octanol–water partition coefficient (Wildman–Crippen LogP) is 3.24. The minimum absolute atomic E-state index is 0.0474. The van der Waals surface area contributed by atoms with Gasteiger partial charge in [-0.15, -0.1) is 0 Å². The molecule has 0 bridgehead atoms. The number of ether oxygens (including phenoxy) is 2. The number of hydrogen-bond donors (Lipinski definition) is 1. The molecule has 106 valence electrons. The highest BCUT2D eigenvalue weighted by molar-refractivity contribution is 9.10. The minimum atomic E-state index is -0.151. The second kappa shape index (κ2) is 5.43. The lowest BCUT2D eigenvalue weighted by atomic mass is 9.72. The molecule has 3 nitrogen and oxygen atoms in total. The highest BCUT2D eigenvalue weighted by Crippen LogP contribution is 2.43. The van der Waals surface area contributed by atoms with Crippen molar-refractivity contribution < 1.29 is 9.47 Å². The summed E-state index contributed by atoms with van der Waals surface area (Å²) >= 11 is 3.54. The highest BCUT2D eigenvalue weighted by atomic mass is 79.9. The maximum atomic E-state index is 6.12. The van der Waals surface area contributed by atoms with Crippen LogP contribution in [0.1, 0.15) is 32.3 Å². The van der Waals surface area contributed by atoms with Crippen LogP contribution in [0.5, 0.6) is 5.75 Å². The average molecular weight is 328 g/mol. The van der Waals surface area contributed by atoms with E-state index in [4.69, 9.17) is 15.2 Å². The Kier molecular flexibility index (Phi) is 4.23. The smallest absolute Gasteiger partial charge is 0.122 e. The molecule has 0 aliphatic carbocycles. The van der Waals surface area contributed by atoms with Gasteiger partial charge in [-0.05, 0) is 44.9 Å². The fraction of sp³-hybridized carbons (Fsp3) is 0.600. The van der Waals surface area contributed by atoms with Gasteiger partial charge in [0.05, 0.1) is 20.3 Å². The van der Waals surface area contributed by atoms with Crippen molar-refractivity contribution in [2.24, 2.45) is 5.73 Å². The highest BCUT2D eigenvalue weighted by Gasteiger charge is 2.42. The Morgan fingerprint density at radius 3 is 2.58 bits per heavy atom. The number of rotatable bonds is 5. The molecule has 1 fully saturated rings. The monoisotopic (exact) mass is 327 g/mol. The van der Waals surface area contributed by atoms with Crippen LogP contribution in [0.25, 0.3) is 0 Å². The van der Waals surface area contributed by atoms with E-state index >= 15 is 0 Å². The molecule has 0 saturated carbocycles. The van der Waals surface area contributed by atoms with E-state index in [9.17, 15) is 0 Å². The van der Waals surface area contributed by atoms with Crippen molar-refractivity contribution in [1.82, 2.24) is 0 Å². The second-order valence-corrected chi connectivity index (χ2v) is 7.02. The molecule has 1 aromatic rings. The van der Waals surface area contributed by atoms with Gasteiger partial charge in [0.15, 0.2) is 0 Å². The van der Waals surface area contributed by atoms with Crippen LogP contribution >= 0.6 is 15.9 Å². The first kappa shape index (κ1) is 14.8. The Bertz CT molecular complexity index is 450. The Labute approximate surface area is 123 Å². The van der Waals surface area contributed by atoms with E-state index in [2.05, 4.69) is 35.8 Å². The number of halogens is 1. The zero-order chi connectivity index (χ0) is 14.1. The van der Waals surface area contributed by atoms with E-state index in [1.165, 1.54) is 5.56 Å². The normalized spacial score (nSPS) is 17.9. The zero-order valence-corrected chi connectivity index (χ0v) is 13.4. The summed E-state index contributed by atoms with van der Waals surface area (Å²) < 4.78 is 12.1. The van der Waals surface area contributed by atoms with Crippen LogP contribution in [0.3, 0.4) is 0 Å². The van der Waals surface area contributed by atoms with Crippen LogP contribution in [0.2, 0.25) is 0 Å². The summed E-state index contributed by atoms with van der Waals surface area (Å²) in [5, 5.41) is 0. The summed E-state index contributed by atoms with van der Waals surface area (Å²) in [6.07, 6.45) is 1.98. The van der Waals surface area contributed by atoms with Crippen LogP contribution in [-0.4, -0.2) is 25.9 Å². The van der Waals surface area contributed by atoms with Gasteiger partial charge in [0.2, 0.25) is 0 Å². The van der Waals surface area contributed by atoms with Crippen molar-refractivity contribution in [3.63, 3.8) is 0 Å². The summed E-state index contributed by atoms with van der Waals surface area (Å²) in [6, 6.07) is 6.15. The number of nitrogens with two attached hydrogens (primary N) is 1. The molecule has 0 radical (unpaired) electrons. The molecule has 19 heavy (non-hydrogen) atoms. The molecule has 2 N–H and O–H groups in total. The van der Waals surface area contributed by atoms with Gasteiger partial charge >= 0.3 is 0 Å². The molecule has 2 rings (SSSR count). The van der Waals surface area contributed by atoms with E-state index in [-0.39, 0.29) is 11.0 Å². The summed E-state index contributed by atoms with van der Waals surface area (Å²) in [4.78, 5) is 0. The molecule has 1 saturated heterocycles. The quantitative estimate of drug-likeness (QED) is 0.902. The van der Waals surface area contributed by atoms with Gasteiger partial charge in [0.1, 0.15) is 5.75 Å². The Morgan fingerprint density at radius 1 is 1.42 bits per heavy atom. The van der Waals surface area contributed by atoms with E-state index in [0.717, 1.165) is 36.3 Å². The summed E-state index contributed by atoms with van der Waals surface area (Å²) in [7, 11) is 1.72. The maximum Gasteiger partial charge on any atom is 0.122 e. The summed E-state index contributed by atoms with van der Waals surface area (Å²) in [5.74, 6) is 0.932. The zero-order valence-electron chi connectivity index (χ0n) is 11.8. The third-order valence-corrected chi connectivity index (χ3v) is 4.23. The Morgan fingerprint density at radius 2 is 2.11 bits per heavy atom. The van der Waals surface area contributed by atoms with Gasteiger partial charge < -0.3 is 15.2 Å². The lowest BCUT2D eigenvalue weighted by molar-refractivity contribution is -0.0678. The molecule has 0 unspecified atom stereocenters. The molecule has 0 spiro atoms. The van der Waals surface area contributed by atoms with Crippen LogP contribution < -0.4 is 10.5 Å². The van der Waals surface area contributed by atoms with Crippen LogP contribution in [0, 0.1) is 0 Å². The SMILES string of the molecule is COc1ccc(Br)cc1C1(CCC(C)(C)N)COC1. The molecular weight excluding hydrogens is 306 g/mol. The Balaban J connectivity index is 2.28. The van der Waals surface area contributed by atoms with E-state index in [0.29, 0.717) is 0 Å². The van der Waals surface area contributed by atoms with Crippen molar-refractivity contribution in [1.29, 1.82) is 0 Å². The van der Waals surface area contributed by atoms with Gasteiger partial charge in [-0.1, -0.05) is 15.9 Å². The maximum absolute atomic E-state index is 6.12. The molecule has 1 aromatic carbocycles. The largest absolute Gasteiger partial charge is 0.496 e. The first-order chi connectivity index (χ1) is 8.86. The van der Waals surface area contributed by atoms with Gasteiger partial charge in [0.25, 0.3) is 0 Å². The van der Waals surface area contributed by atoms with Gasteiger partial charge in [0, 0.05) is 21.0 Å². The fourth-order valence-electron chi connectivity index (χ4n) is 2.44. The fourth-order valence-corrected chi connectivity index (χ4v) is 2.80. The van der Waals surface area contributed by atoms with E-state index < -0.39 is 0 Å². The van der Waals surface area contributed by atoms with Crippen molar-refractivity contribution >= 4 is 15.9 Å². The third-order valence-electron chi connectivity index (χ3n) is 3.74.